The minimum Gasteiger partial charge on any atom is -0.369 e. The molecule has 0 atom stereocenters. The molecule has 2 heterocycles. The average molecular weight is 312 g/mol. The quantitative estimate of drug-likeness (QED) is 0.923. The Morgan fingerprint density at radius 1 is 1.41 bits per heavy atom. The first kappa shape index (κ1) is 12.5. The molecule has 0 saturated heterocycles. The van der Waals surface area contributed by atoms with Gasteiger partial charge >= 0.3 is 0 Å². The summed E-state index contributed by atoms with van der Waals surface area (Å²) < 4.78 is 0.950. The summed E-state index contributed by atoms with van der Waals surface area (Å²) in [5.41, 5.74) is 0.960. The minimum absolute atomic E-state index is 0.791. The molecular weight excluding hydrogens is 298 g/mol. The van der Waals surface area contributed by atoms with Crippen molar-refractivity contribution in [1.29, 1.82) is 0 Å². The molecule has 0 amide bonds. The highest BCUT2D eigenvalue weighted by Crippen LogP contribution is 2.28. The van der Waals surface area contributed by atoms with Crippen LogP contribution in [0.25, 0.3) is 10.7 Å². The number of nitrogens with zero attached hydrogens (tertiary/aromatic N) is 2. The van der Waals surface area contributed by atoms with Crippen molar-refractivity contribution >= 4 is 33.1 Å². The Balaban J connectivity index is 2.39. The Bertz CT molecular complexity index is 497. The molecule has 5 heteroatoms. The van der Waals surface area contributed by atoms with Crippen LogP contribution >= 0.6 is 27.3 Å². The summed E-state index contributed by atoms with van der Waals surface area (Å²) in [7, 11) is 0. The van der Waals surface area contributed by atoms with Crippen molar-refractivity contribution in [2.75, 3.05) is 11.9 Å². The van der Waals surface area contributed by atoms with Crippen LogP contribution in [0.5, 0.6) is 0 Å². The van der Waals surface area contributed by atoms with Gasteiger partial charge in [-0.2, -0.15) is 0 Å². The lowest BCUT2D eigenvalue weighted by Crippen LogP contribution is -2.05. The molecule has 17 heavy (non-hydrogen) atoms. The molecule has 0 aliphatic rings. The predicted octanol–water partition coefficient (Wildman–Crippen LogP) is 4.10. The maximum atomic E-state index is 4.55. The van der Waals surface area contributed by atoms with E-state index in [4.69, 9.17) is 0 Å². The summed E-state index contributed by atoms with van der Waals surface area (Å²) in [6.45, 7) is 5.04. The van der Waals surface area contributed by atoms with E-state index in [0.717, 1.165) is 39.7 Å². The van der Waals surface area contributed by atoms with E-state index in [1.54, 1.807) is 11.3 Å². The van der Waals surface area contributed by atoms with E-state index < -0.39 is 0 Å². The predicted molar refractivity (Wildman–Crippen MR) is 76.6 cm³/mol. The summed E-state index contributed by atoms with van der Waals surface area (Å²) in [6.07, 6.45) is 1.07. The molecular formula is C12H14BrN3S. The van der Waals surface area contributed by atoms with E-state index in [2.05, 4.69) is 38.1 Å². The third-order valence-electron chi connectivity index (χ3n) is 2.30. The molecule has 1 N–H and O–H groups in total. The van der Waals surface area contributed by atoms with Gasteiger partial charge in [-0.25, -0.2) is 9.97 Å². The third kappa shape index (κ3) is 2.84. The van der Waals surface area contributed by atoms with Crippen LogP contribution in [0.4, 0.5) is 5.82 Å². The fraction of sp³-hybridized carbons (Fsp3) is 0.333. The number of aryl methyl sites for hydroxylation is 1. The molecule has 0 unspecified atom stereocenters. The van der Waals surface area contributed by atoms with Crippen LogP contribution in [0.15, 0.2) is 22.0 Å². The van der Waals surface area contributed by atoms with Crippen molar-refractivity contribution < 1.29 is 0 Å². The van der Waals surface area contributed by atoms with E-state index in [-0.39, 0.29) is 0 Å². The van der Waals surface area contributed by atoms with Crippen LogP contribution in [-0.2, 0) is 0 Å². The molecule has 90 valence electrons. The lowest BCUT2D eigenvalue weighted by atomic mass is 10.3. The summed E-state index contributed by atoms with van der Waals surface area (Å²) in [4.78, 5) is 10.1. The van der Waals surface area contributed by atoms with Crippen molar-refractivity contribution in [3.05, 3.63) is 27.7 Å². The van der Waals surface area contributed by atoms with Crippen LogP contribution in [0.2, 0.25) is 0 Å². The van der Waals surface area contributed by atoms with Gasteiger partial charge in [0.05, 0.1) is 15.0 Å². The smallest absolute Gasteiger partial charge is 0.171 e. The van der Waals surface area contributed by atoms with Gasteiger partial charge in [0.15, 0.2) is 5.82 Å². The molecule has 0 aliphatic carbocycles. The van der Waals surface area contributed by atoms with Crippen LogP contribution in [0.1, 0.15) is 19.0 Å². The number of halogens is 1. The molecule has 3 nitrogen and oxygen atoms in total. The first-order chi connectivity index (χ1) is 8.22. The Morgan fingerprint density at radius 2 is 2.24 bits per heavy atom. The Morgan fingerprint density at radius 3 is 2.88 bits per heavy atom. The monoisotopic (exact) mass is 311 g/mol. The third-order valence-corrected chi connectivity index (χ3v) is 4.12. The summed E-state index contributed by atoms with van der Waals surface area (Å²) >= 11 is 5.18. The number of anilines is 1. The molecule has 2 aromatic rings. The molecule has 0 spiro atoms. The number of rotatable bonds is 4. The van der Waals surface area contributed by atoms with Gasteiger partial charge in [-0.3, -0.25) is 0 Å². The molecule has 0 bridgehead atoms. The van der Waals surface area contributed by atoms with Crippen molar-refractivity contribution in [2.24, 2.45) is 0 Å². The molecule has 0 aliphatic heterocycles. The van der Waals surface area contributed by atoms with Gasteiger partial charge in [0.25, 0.3) is 0 Å². The number of nitrogens with one attached hydrogen (secondary N) is 1. The normalized spacial score (nSPS) is 10.5. The first-order valence-electron chi connectivity index (χ1n) is 5.54. The molecule has 2 aromatic heterocycles. The van der Waals surface area contributed by atoms with E-state index in [1.807, 2.05) is 24.4 Å². The highest BCUT2D eigenvalue weighted by atomic mass is 79.9. The van der Waals surface area contributed by atoms with Crippen molar-refractivity contribution in [2.45, 2.75) is 20.3 Å². The number of hydrogen-bond acceptors (Lipinski definition) is 4. The highest BCUT2D eigenvalue weighted by Gasteiger charge is 2.10. The van der Waals surface area contributed by atoms with Gasteiger partial charge in [0, 0.05) is 6.54 Å². The zero-order valence-corrected chi connectivity index (χ0v) is 12.2. The fourth-order valence-electron chi connectivity index (χ4n) is 1.44. The van der Waals surface area contributed by atoms with Crippen LogP contribution < -0.4 is 5.32 Å². The van der Waals surface area contributed by atoms with Crippen LogP contribution in [0, 0.1) is 6.92 Å². The van der Waals surface area contributed by atoms with Crippen molar-refractivity contribution in [3.8, 4) is 10.7 Å². The van der Waals surface area contributed by atoms with E-state index in [1.165, 1.54) is 0 Å². The lowest BCUT2D eigenvalue weighted by Gasteiger charge is -2.09. The van der Waals surface area contributed by atoms with E-state index in [9.17, 15) is 0 Å². The Kier molecular flexibility index (Phi) is 4.12. The minimum atomic E-state index is 0.791. The molecule has 0 aromatic carbocycles. The van der Waals surface area contributed by atoms with Gasteiger partial charge in [0.1, 0.15) is 5.82 Å². The van der Waals surface area contributed by atoms with Gasteiger partial charge in [-0.05, 0) is 40.7 Å². The molecule has 2 rings (SSSR count). The fourth-order valence-corrected chi connectivity index (χ4v) is 2.41. The Hall–Kier alpha value is -0.940. The zero-order valence-electron chi connectivity index (χ0n) is 9.83. The standard InChI is InChI=1S/C12H14BrN3S/c1-3-6-14-12-10(13)8(2)15-11(16-12)9-5-4-7-17-9/h4-5,7H,3,6H2,1-2H3,(H,14,15,16). The summed E-state index contributed by atoms with van der Waals surface area (Å²) in [6, 6.07) is 4.05. The van der Waals surface area contributed by atoms with Crippen LogP contribution in [-0.4, -0.2) is 16.5 Å². The molecule has 0 saturated carbocycles. The lowest BCUT2D eigenvalue weighted by molar-refractivity contribution is 0.959. The van der Waals surface area contributed by atoms with Gasteiger partial charge in [-0.1, -0.05) is 13.0 Å². The maximum absolute atomic E-state index is 4.55. The van der Waals surface area contributed by atoms with Gasteiger partial charge in [0.2, 0.25) is 0 Å². The van der Waals surface area contributed by atoms with Gasteiger partial charge < -0.3 is 5.32 Å². The van der Waals surface area contributed by atoms with Crippen molar-refractivity contribution in [1.82, 2.24) is 9.97 Å². The number of hydrogen-bond donors (Lipinski definition) is 1. The average Bonchev–Trinajstić information content (AvgIpc) is 2.84. The van der Waals surface area contributed by atoms with E-state index in [0.29, 0.717) is 0 Å². The second kappa shape index (κ2) is 5.60. The van der Waals surface area contributed by atoms with E-state index >= 15 is 0 Å². The van der Waals surface area contributed by atoms with Gasteiger partial charge in [-0.15, -0.1) is 11.3 Å². The topological polar surface area (TPSA) is 37.8 Å². The van der Waals surface area contributed by atoms with Crippen molar-refractivity contribution in [3.63, 3.8) is 0 Å². The summed E-state index contributed by atoms with van der Waals surface area (Å²) in [5.74, 6) is 1.67. The Labute approximate surface area is 113 Å². The second-order valence-corrected chi connectivity index (χ2v) is 5.44. The number of aromatic nitrogens is 2. The number of thiophene rings is 1. The first-order valence-corrected chi connectivity index (χ1v) is 7.21. The second-order valence-electron chi connectivity index (χ2n) is 3.70. The zero-order chi connectivity index (χ0) is 12.3. The molecule has 0 fully saturated rings. The largest absolute Gasteiger partial charge is 0.369 e. The SMILES string of the molecule is CCCNc1nc(-c2cccs2)nc(C)c1Br. The van der Waals surface area contributed by atoms with Crippen LogP contribution in [0.3, 0.4) is 0 Å². The summed E-state index contributed by atoms with van der Waals surface area (Å²) in [5, 5.41) is 5.35. The maximum Gasteiger partial charge on any atom is 0.171 e. The molecule has 0 radical (unpaired) electrons. The highest BCUT2D eigenvalue weighted by molar-refractivity contribution is 9.10.